The molecule has 1 aliphatic rings. The SMILES string of the molecule is CCCc1cc(C(=O)NCCN2CCCC2=O)n(C)n1. The van der Waals surface area contributed by atoms with E-state index in [0.29, 0.717) is 25.2 Å². The number of rotatable bonds is 6. The van der Waals surface area contributed by atoms with Crippen molar-refractivity contribution in [1.82, 2.24) is 20.0 Å². The average molecular weight is 278 g/mol. The lowest BCUT2D eigenvalue weighted by atomic mass is 10.2. The molecule has 0 aromatic carbocycles. The van der Waals surface area contributed by atoms with Crippen molar-refractivity contribution in [2.45, 2.75) is 32.6 Å². The van der Waals surface area contributed by atoms with Gasteiger partial charge in [0.1, 0.15) is 5.69 Å². The number of carbonyl (C=O) groups is 2. The van der Waals surface area contributed by atoms with Crippen LogP contribution in [0.3, 0.4) is 0 Å². The Labute approximate surface area is 119 Å². The molecule has 1 fully saturated rings. The second kappa shape index (κ2) is 6.54. The molecule has 1 saturated heterocycles. The Morgan fingerprint density at radius 2 is 2.30 bits per heavy atom. The number of aryl methyl sites for hydroxylation is 2. The molecular formula is C14H22N4O2. The van der Waals surface area contributed by atoms with Crippen LogP contribution in [0.4, 0.5) is 0 Å². The van der Waals surface area contributed by atoms with Crippen LogP contribution in [0.15, 0.2) is 6.07 Å². The summed E-state index contributed by atoms with van der Waals surface area (Å²) in [5.74, 6) is 0.0546. The molecular weight excluding hydrogens is 256 g/mol. The lowest BCUT2D eigenvalue weighted by molar-refractivity contribution is -0.127. The topological polar surface area (TPSA) is 67.2 Å². The standard InChI is InChI=1S/C14H22N4O2/c1-3-5-11-10-12(17(2)16-11)14(20)15-7-9-18-8-4-6-13(18)19/h10H,3-9H2,1-2H3,(H,15,20). The highest BCUT2D eigenvalue weighted by molar-refractivity contribution is 5.92. The first-order valence-electron chi connectivity index (χ1n) is 7.20. The molecule has 110 valence electrons. The third-order valence-corrected chi connectivity index (χ3v) is 3.51. The Morgan fingerprint density at radius 1 is 1.50 bits per heavy atom. The predicted octanol–water partition coefficient (Wildman–Crippen LogP) is 0.725. The number of nitrogens with zero attached hydrogens (tertiary/aromatic N) is 3. The Balaban J connectivity index is 1.83. The third-order valence-electron chi connectivity index (χ3n) is 3.51. The number of hydrogen-bond acceptors (Lipinski definition) is 3. The molecule has 6 nitrogen and oxygen atoms in total. The van der Waals surface area contributed by atoms with E-state index in [0.717, 1.165) is 31.5 Å². The normalized spacial score (nSPS) is 14.9. The van der Waals surface area contributed by atoms with E-state index in [1.165, 1.54) is 0 Å². The molecule has 2 rings (SSSR count). The van der Waals surface area contributed by atoms with Crippen molar-refractivity contribution in [1.29, 1.82) is 0 Å². The summed E-state index contributed by atoms with van der Waals surface area (Å²) in [7, 11) is 1.78. The van der Waals surface area contributed by atoms with Gasteiger partial charge in [0.05, 0.1) is 5.69 Å². The second-order valence-corrected chi connectivity index (χ2v) is 5.13. The maximum atomic E-state index is 12.1. The van der Waals surface area contributed by atoms with E-state index in [2.05, 4.69) is 17.3 Å². The van der Waals surface area contributed by atoms with Crippen molar-refractivity contribution in [2.24, 2.45) is 7.05 Å². The van der Waals surface area contributed by atoms with Gasteiger partial charge in [-0.2, -0.15) is 5.10 Å². The Bertz CT molecular complexity index is 495. The molecule has 0 atom stereocenters. The van der Waals surface area contributed by atoms with Crippen molar-refractivity contribution in [3.63, 3.8) is 0 Å². The van der Waals surface area contributed by atoms with Gasteiger partial charge < -0.3 is 10.2 Å². The molecule has 2 amide bonds. The van der Waals surface area contributed by atoms with E-state index < -0.39 is 0 Å². The molecule has 0 spiro atoms. The molecule has 1 aliphatic heterocycles. The molecule has 1 N–H and O–H groups in total. The average Bonchev–Trinajstić information content (AvgIpc) is 2.97. The summed E-state index contributed by atoms with van der Waals surface area (Å²) in [5.41, 5.74) is 1.51. The molecule has 0 saturated carbocycles. The zero-order valence-corrected chi connectivity index (χ0v) is 12.2. The minimum atomic E-state index is -0.131. The minimum Gasteiger partial charge on any atom is -0.349 e. The van der Waals surface area contributed by atoms with Crippen molar-refractivity contribution < 1.29 is 9.59 Å². The summed E-state index contributed by atoms with van der Waals surface area (Å²) in [6.45, 7) is 3.96. The highest BCUT2D eigenvalue weighted by Crippen LogP contribution is 2.08. The fourth-order valence-corrected chi connectivity index (χ4v) is 2.45. The van der Waals surface area contributed by atoms with Crippen LogP contribution < -0.4 is 5.32 Å². The molecule has 2 heterocycles. The molecule has 0 radical (unpaired) electrons. The van der Waals surface area contributed by atoms with Crippen LogP contribution in [0.25, 0.3) is 0 Å². The minimum absolute atomic E-state index is 0.131. The number of nitrogens with one attached hydrogen (secondary N) is 1. The number of carbonyl (C=O) groups excluding carboxylic acids is 2. The fraction of sp³-hybridized carbons (Fsp3) is 0.643. The molecule has 20 heavy (non-hydrogen) atoms. The molecule has 0 aliphatic carbocycles. The highest BCUT2D eigenvalue weighted by Gasteiger charge is 2.20. The van der Waals surface area contributed by atoms with Gasteiger partial charge in [0.15, 0.2) is 0 Å². The summed E-state index contributed by atoms with van der Waals surface area (Å²) in [5, 5.41) is 7.16. The van der Waals surface area contributed by atoms with E-state index in [4.69, 9.17) is 0 Å². The van der Waals surface area contributed by atoms with Gasteiger partial charge in [-0.1, -0.05) is 13.3 Å². The first kappa shape index (κ1) is 14.6. The molecule has 1 aromatic heterocycles. The number of amides is 2. The maximum absolute atomic E-state index is 12.1. The zero-order chi connectivity index (χ0) is 14.5. The molecule has 0 bridgehead atoms. The van der Waals surface area contributed by atoms with Gasteiger partial charge in [-0.05, 0) is 18.9 Å². The van der Waals surface area contributed by atoms with Gasteiger partial charge in [-0.25, -0.2) is 0 Å². The van der Waals surface area contributed by atoms with Crippen molar-refractivity contribution in [3.8, 4) is 0 Å². The van der Waals surface area contributed by atoms with Crippen LogP contribution >= 0.6 is 0 Å². The number of aromatic nitrogens is 2. The first-order valence-corrected chi connectivity index (χ1v) is 7.20. The van der Waals surface area contributed by atoms with E-state index in [1.54, 1.807) is 16.6 Å². The highest BCUT2D eigenvalue weighted by atomic mass is 16.2. The largest absolute Gasteiger partial charge is 0.349 e. The van der Waals surface area contributed by atoms with Crippen LogP contribution in [0.1, 0.15) is 42.4 Å². The van der Waals surface area contributed by atoms with E-state index in [-0.39, 0.29) is 11.8 Å². The molecule has 0 unspecified atom stereocenters. The summed E-state index contributed by atoms with van der Waals surface area (Å²) >= 11 is 0. The van der Waals surface area contributed by atoms with Gasteiger partial charge in [-0.3, -0.25) is 14.3 Å². The maximum Gasteiger partial charge on any atom is 0.269 e. The quantitative estimate of drug-likeness (QED) is 0.834. The second-order valence-electron chi connectivity index (χ2n) is 5.13. The van der Waals surface area contributed by atoms with Crippen LogP contribution in [0.2, 0.25) is 0 Å². The Hall–Kier alpha value is -1.85. The van der Waals surface area contributed by atoms with Gasteiger partial charge >= 0.3 is 0 Å². The summed E-state index contributed by atoms with van der Waals surface area (Å²) < 4.78 is 1.61. The third kappa shape index (κ3) is 3.37. The predicted molar refractivity (Wildman–Crippen MR) is 75.4 cm³/mol. The fourth-order valence-electron chi connectivity index (χ4n) is 2.45. The zero-order valence-electron chi connectivity index (χ0n) is 12.2. The Kier molecular flexibility index (Phi) is 4.76. The first-order chi connectivity index (χ1) is 9.61. The number of hydrogen-bond donors (Lipinski definition) is 1. The van der Waals surface area contributed by atoms with Crippen LogP contribution in [0.5, 0.6) is 0 Å². The smallest absolute Gasteiger partial charge is 0.269 e. The van der Waals surface area contributed by atoms with Gasteiger partial charge in [0.25, 0.3) is 5.91 Å². The van der Waals surface area contributed by atoms with Crippen LogP contribution in [0, 0.1) is 0 Å². The Morgan fingerprint density at radius 3 is 2.95 bits per heavy atom. The summed E-state index contributed by atoms with van der Waals surface area (Å²) in [6.07, 6.45) is 3.45. The van der Waals surface area contributed by atoms with Crippen molar-refractivity contribution >= 4 is 11.8 Å². The van der Waals surface area contributed by atoms with Gasteiger partial charge in [-0.15, -0.1) is 0 Å². The lowest BCUT2D eigenvalue weighted by Gasteiger charge is -2.15. The van der Waals surface area contributed by atoms with E-state index in [9.17, 15) is 9.59 Å². The van der Waals surface area contributed by atoms with Crippen LogP contribution in [-0.2, 0) is 18.3 Å². The van der Waals surface area contributed by atoms with Gasteiger partial charge in [0.2, 0.25) is 5.91 Å². The number of likely N-dealkylation sites (tertiary alicyclic amines) is 1. The van der Waals surface area contributed by atoms with Gasteiger partial charge in [0, 0.05) is 33.1 Å². The molecule has 1 aromatic rings. The van der Waals surface area contributed by atoms with Crippen LogP contribution in [-0.4, -0.2) is 46.1 Å². The summed E-state index contributed by atoms with van der Waals surface area (Å²) in [4.78, 5) is 25.3. The summed E-state index contributed by atoms with van der Waals surface area (Å²) in [6, 6.07) is 1.83. The molecule has 6 heteroatoms. The monoisotopic (exact) mass is 278 g/mol. The van der Waals surface area contributed by atoms with E-state index in [1.807, 2.05) is 6.07 Å². The van der Waals surface area contributed by atoms with Crippen molar-refractivity contribution in [2.75, 3.05) is 19.6 Å². The lowest BCUT2D eigenvalue weighted by Crippen LogP contribution is -2.36. The van der Waals surface area contributed by atoms with Crippen molar-refractivity contribution in [3.05, 3.63) is 17.5 Å². The van der Waals surface area contributed by atoms with E-state index >= 15 is 0 Å².